The van der Waals surface area contributed by atoms with Crippen molar-refractivity contribution in [2.45, 2.75) is 44.2 Å². The summed E-state index contributed by atoms with van der Waals surface area (Å²) >= 11 is 0. The second-order valence-electron chi connectivity index (χ2n) is 11.4. The molecule has 12 nitrogen and oxygen atoms in total. The number of anilines is 1. The van der Waals surface area contributed by atoms with Crippen LogP contribution < -0.4 is 10.6 Å². The Morgan fingerprint density at radius 3 is 2.40 bits per heavy atom. The zero-order valence-corrected chi connectivity index (χ0v) is 24.3. The van der Waals surface area contributed by atoms with Gasteiger partial charge >= 0.3 is 5.97 Å². The number of allylic oxidation sites excluding steroid dienone is 1. The maximum Gasteiger partial charge on any atom is 0.330 e. The molecule has 0 aliphatic heterocycles. The van der Waals surface area contributed by atoms with E-state index in [0.717, 1.165) is 12.5 Å². The van der Waals surface area contributed by atoms with Gasteiger partial charge in [0.15, 0.2) is 11.4 Å². The lowest BCUT2D eigenvalue weighted by Crippen LogP contribution is -2.63. The molecule has 0 heterocycles. The molecular weight excluding hydrogens is 546 g/mol. The number of hydrogen-bond donors (Lipinski definition) is 5. The first-order valence-corrected chi connectivity index (χ1v) is 13.7. The molecule has 0 fully saturated rings. The Kier molecular flexibility index (Phi) is 8.25. The summed E-state index contributed by atoms with van der Waals surface area (Å²) in [7, 11) is 6.65. The summed E-state index contributed by atoms with van der Waals surface area (Å²) in [6.07, 6.45) is 4.16. The van der Waals surface area contributed by atoms with Crippen molar-refractivity contribution < 1.29 is 44.3 Å². The number of benzene rings is 1. The Labute approximate surface area is 243 Å². The molecule has 1 amide bonds. The van der Waals surface area contributed by atoms with Crippen LogP contribution in [0.15, 0.2) is 34.8 Å². The van der Waals surface area contributed by atoms with E-state index >= 15 is 0 Å². The topological polar surface area (TPSA) is 191 Å². The zero-order chi connectivity index (χ0) is 31.3. The highest BCUT2D eigenvalue weighted by atomic mass is 16.5. The summed E-state index contributed by atoms with van der Waals surface area (Å²) in [5.74, 6) is -7.81. The van der Waals surface area contributed by atoms with E-state index in [0.29, 0.717) is 17.7 Å². The number of nitrogens with two attached hydrogens (primary N) is 1. The van der Waals surface area contributed by atoms with Gasteiger partial charge in [0.1, 0.15) is 22.8 Å². The molecule has 42 heavy (non-hydrogen) atoms. The van der Waals surface area contributed by atoms with Crippen molar-refractivity contribution in [3.8, 4) is 5.75 Å². The number of aromatic hydroxyl groups is 1. The van der Waals surface area contributed by atoms with Crippen molar-refractivity contribution in [2.75, 3.05) is 39.7 Å². The maximum absolute atomic E-state index is 14.0. The highest BCUT2D eigenvalue weighted by molar-refractivity contribution is 6.25. The van der Waals surface area contributed by atoms with Crippen LogP contribution in [-0.4, -0.2) is 95.2 Å². The van der Waals surface area contributed by atoms with E-state index in [1.165, 1.54) is 11.0 Å². The van der Waals surface area contributed by atoms with Gasteiger partial charge in [-0.15, -0.1) is 0 Å². The lowest BCUT2D eigenvalue weighted by molar-refractivity contribution is -0.148. The second kappa shape index (κ2) is 11.3. The number of ether oxygens (including phenoxy) is 1. The van der Waals surface area contributed by atoms with Crippen LogP contribution >= 0.6 is 0 Å². The summed E-state index contributed by atoms with van der Waals surface area (Å²) in [6.45, 7) is 2.20. The number of primary amides is 1. The molecule has 0 radical (unpaired) electrons. The number of ketones is 2. The van der Waals surface area contributed by atoms with E-state index in [9.17, 15) is 39.6 Å². The predicted molar refractivity (Wildman–Crippen MR) is 153 cm³/mol. The summed E-state index contributed by atoms with van der Waals surface area (Å²) < 4.78 is 5.13. The fraction of sp³-hybridized carbons (Fsp3) is 0.467. The maximum atomic E-state index is 14.0. The van der Waals surface area contributed by atoms with Crippen LogP contribution in [0, 0.1) is 11.8 Å². The van der Waals surface area contributed by atoms with Crippen LogP contribution in [0.25, 0.3) is 6.08 Å². The Bertz CT molecular complexity index is 1460. The van der Waals surface area contributed by atoms with Gasteiger partial charge in [-0.25, -0.2) is 4.79 Å². The fourth-order valence-electron chi connectivity index (χ4n) is 6.37. The summed E-state index contributed by atoms with van der Waals surface area (Å²) in [6, 6.07) is 0.563. The molecule has 12 heteroatoms. The third-order valence-electron chi connectivity index (χ3n) is 8.35. The largest absolute Gasteiger partial charge is 0.510 e. The van der Waals surface area contributed by atoms with Crippen molar-refractivity contribution in [3.05, 3.63) is 51.5 Å². The molecule has 4 rings (SSSR count). The molecule has 3 aliphatic rings. The average Bonchev–Trinajstić information content (AvgIpc) is 2.89. The highest BCUT2D eigenvalue weighted by Gasteiger charge is 2.63. The van der Waals surface area contributed by atoms with Gasteiger partial charge in [0, 0.05) is 42.9 Å². The number of phenols is 1. The molecule has 0 bridgehead atoms. The molecule has 0 spiro atoms. The zero-order valence-electron chi connectivity index (χ0n) is 24.3. The van der Waals surface area contributed by atoms with E-state index in [2.05, 4.69) is 0 Å². The van der Waals surface area contributed by atoms with Gasteiger partial charge < -0.3 is 35.8 Å². The number of fused-ring (bicyclic) bond motifs is 3. The van der Waals surface area contributed by atoms with Crippen molar-refractivity contribution in [1.29, 1.82) is 0 Å². The van der Waals surface area contributed by atoms with Gasteiger partial charge in [-0.1, -0.05) is 13.3 Å². The van der Waals surface area contributed by atoms with Gasteiger partial charge in [-0.2, -0.15) is 0 Å². The predicted octanol–water partition coefficient (Wildman–Crippen LogP) is 1.54. The average molecular weight is 584 g/mol. The highest BCUT2D eigenvalue weighted by Crippen LogP contribution is 2.53. The number of carbonyl (C=O) groups excluding carboxylic acids is 4. The number of likely N-dealkylation sites (N-methyl/N-ethyl adjacent to an activating group) is 1. The van der Waals surface area contributed by atoms with Crippen molar-refractivity contribution in [3.63, 3.8) is 0 Å². The number of unbranched alkanes of at least 4 members (excludes halogenated alkanes) is 1. The van der Waals surface area contributed by atoms with Crippen molar-refractivity contribution in [1.82, 2.24) is 4.90 Å². The molecule has 4 unspecified atom stereocenters. The summed E-state index contributed by atoms with van der Waals surface area (Å²) in [4.78, 5) is 55.0. The molecule has 0 aromatic heterocycles. The molecule has 0 saturated heterocycles. The van der Waals surface area contributed by atoms with Crippen LogP contribution in [0.2, 0.25) is 0 Å². The Morgan fingerprint density at radius 2 is 1.83 bits per heavy atom. The van der Waals surface area contributed by atoms with E-state index in [4.69, 9.17) is 10.5 Å². The molecule has 226 valence electrons. The monoisotopic (exact) mass is 583 g/mol. The molecule has 1 aromatic carbocycles. The van der Waals surface area contributed by atoms with E-state index in [1.807, 2.05) is 6.92 Å². The second-order valence-corrected chi connectivity index (χ2v) is 11.4. The van der Waals surface area contributed by atoms with Gasteiger partial charge in [-0.05, 0) is 57.0 Å². The van der Waals surface area contributed by atoms with Crippen LogP contribution in [0.1, 0.15) is 47.7 Å². The van der Waals surface area contributed by atoms with Gasteiger partial charge in [-0.3, -0.25) is 19.3 Å². The number of Topliss-reactive ketones (excluding diaryl/α,β-unsaturated/α-hetero) is 2. The van der Waals surface area contributed by atoms with Crippen molar-refractivity contribution >= 4 is 35.2 Å². The van der Waals surface area contributed by atoms with Crippen LogP contribution in [-0.2, 0) is 25.5 Å². The molecular formula is C30H37N3O9. The fourth-order valence-corrected chi connectivity index (χ4v) is 6.37. The molecule has 1 aromatic rings. The smallest absolute Gasteiger partial charge is 0.330 e. The third-order valence-corrected chi connectivity index (χ3v) is 8.35. The molecule has 0 saturated carbocycles. The summed E-state index contributed by atoms with van der Waals surface area (Å²) in [5, 5.41) is 45.4. The number of amides is 1. The number of nitrogens with zero attached hydrogens (tertiary/aromatic N) is 2. The molecule has 4 atom stereocenters. The lowest BCUT2D eigenvalue weighted by atomic mass is 9.58. The standard InChI is InChI=1S/C30H37N3O9/c1-6-7-10-42-19(34)9-8-14-13-18(32(2)3)16-11-15-12-17-23(33(4)5)26(37)22(29(31)40)28(39)30(17,41)27(38)20(15)25(36)21(16)24(14)35/h8-9,13,15,17,23,35,37-38,41H,6-7,10-12H2,1-5H3,(H2,31,40)/b9-8+. The van der Waals surface area contributed by atoms with E-state index in [-0.39, 0.29) is 36.1 Å². The number of phenolic OH excluding ortho intramolecular Hbond substituents is 1. The normalized spacial score (nSPS) is 25.5. The molecule has 3 aliphatic carbocycles. The van der Waals surface area contributed by atoms with Crippen LogP contribution in [0.4, 0.5) is 5.69 Å². The van der Waals surface area contributed by atoms with Gasteiger partial charge in [0.25, 0.3) is 5.91 Å². The minimum atomic E-state index is -2.72. The number of aliphatic hydroxyl groups excluding tert-OH is 2. The number of hydrogen-bond acceptors (Lipinski definition) is 11. The Morgan fingerprint density at radius 1 is 1.17 bits per heavy atom. The first-order valence-electron chi connectivity index (χ1n) is 13.7. The Hall–Kier alpha value is -4.16. The summed E-state index contributed by atoms with van der Waals surface area (Å²) in [5.41, 5.74) is 2.62. The quantitative estimate of drug-likeness (QED) is 0.129. The van der Waals surface area contributed by atoms with E-state index in [1.54, 1.807) is 39.2 Å². The first kappa shape index (κ1) is 30.8. The first-order chi connectivity index (χ1) is 19.7. The Balaban J connectivity index is 1.87. The lowest BCUT2D eigenvalue weighted by Gasteiger charge is -2.50. The minimum Gasteiger partial charge on any atom is -0.510 e. The number of esters is 1. The molecule has 6 N–H and O–H groups in total. The minimum absolute atomic E-state index is 0.00928. The van der Waals surface area contributed by atoms with Crippen molar-refractivity contribution in [2.24, 2.45) is 17.6 Å². The number of rotatable bonds is 8. The number of aliphatic hydroxyl groups is 3. The van der Waals surface area contributed by atoms with Gasteiger partial charge in [0.2, 0.25) is 5.78 Å². The van der Waals surface area contributed by atoms with Gasteiger partial charge in [0.05, 0.1) is 18.2 Å². The third kappa shape index (κ3) is 4.74. The van der Waals surface area contributed by atoms with Crippen LogP contribution in [0.3, 0.4) is 0 Å². The SMILES string of the molecule is CCCCOC(=O)/C=C/c1cc(N(C)C)c2c(c1O)C(=O)C1=C(O)C3(O)C(=O)C(C(N)=O)=C(O)C(N(C)C)C3CC1C2. The van der Waals surface area contributed by atoms with Crippen LogP contribution in [0.5, 0.6) is 5.75 Å². The number of carbonyl (C=O) groups is 4. The van der Waals surface area contributed by atoms with E-state index < -0.39 is 69.8 Å².